The Kier molecular flexibility index (Phi) is 7.69. The molecule has 0 saturated heterocycles. The van der Waals surface area contributed by atoms with Gasteiger partial charge in [-0.2, -0.15) is 0 Å². The molecule has 7 unspecified atom stereocenters. The Morgan fingerprint density at radius 2 is 1.82 bits per heavy atom. The first kappa shape index (κ1) is 27.6. The molecule has 5 rings (SSSR count). The van der Waals surface area contributed by atoms with Crippen LogP contribution in [0.2, 0.25) is 0 Å². The number of rotatable bonds is 7. The number of hydrogen-bond donors (Lipinski definition) is 4. The van der Waals surface area contributed by atoms with Gasteiger partial charge in [-0.1, -0.05) is 39.0 Å². The molecule has 4 saturated carbocycles. The molecule has 4 aliphatic rings. The second-order valence-corrected chi connectivity index (χ2v) is 13.6. The molecule has 4 fully saturated rings. The van der Waals surface area contributed by atoms with E-state index in [0.717, 1.165) is 38.5 Å². The standard InChI is InChI=1S/C32H47NO5/c1-19(8-13-29(36)37)25-11-12-26-24-10-9-21-16-22(33-30(38)23-7-5-4-6-20(23)18-34)14-15-31(21,2)27(24)17-28(35)32(25,26)3/h4-7,19,21-22,24-28,34-35H,8-18H2,1-3H3,(H,33,38)(H,36,37)/t19?,21?,22?,24?,25-,26?,27?,28?,31+,32-/m1/s1. The Morgan fingerprint density at radius 3 is 2.55 bits per heavy atom. The topological polar surface area (TPSA) is 107 Å². The lowest BCUT2D eigenvalue weighted by atomic mass is 9.43. The van der Waals surface area contributed by atoms with Crippen LogP contribution in [-0.4, -0.2) is 39.3 Å². The van der Waals surface area contributed by atoms with Crippen LogP contribution in [0.3, 0.4) is 0 Å². The first-order valence-corrected chi connectivity index (χ1v) is 15.0. The number of fused-ring (bicyclic) bond motifs is 5. The molecule has 0 heterocycles. The monoisotopic (exact) mass is 525 g/mol. The van der Waals surface area contributed by atoms with Crippen molar-refractivity contribution in [1.82, 2.24) is 5.32 Å². The zero-order valence-electron chi connectivity index (χ0n) is 23.4. The molecule has 6 heteroatoms. The molecule has 1 aromatic rings. The van der Waals surface area contributed by atoms with Gasteiger partial charge in [-0.05, 0) is 116 Å². The summed E-state index contributed by atoms with van der Waals surface area (Å²) in [6.07, 6.45) is 9.07. The van der Waals surface area contributed by atoms with E-state index < -0.39 is 5.97 Å². The summed E-state index contributed by atoms with van der Waals surface area (Å²) in [6.45, 7) is 6.84. The maximum atomic E-state index is 13.0. The molecule has 0 bridgehead atoms. The zero-order chi connectivity index (χ0) is 27.2. The van der Waals surface area contributed by atoms with Crippen molar-refractivity contribution in [2.24, 2.45) is 46.3 Å². The maximum absolute atomic E-state index is 13.0. The van der Waals surface area contributed by atoms with Crippen LogP contribution in [0.4, 0.5) is 0 Å². The Hall–Kier alpha value is -1.92. The van der Waals surface area contributed by atoms with Crippen molar-refractivity contribution in [1.29, 1.82) is 0 Å². The smallest absolute Gasteiger partial charge is 0.303 e. The van der Waals surface area contributed by atoms with E-state index in [0.29, 0.717) is 53.1 Å². The number of carboxylic acid groups (broad SMARTS) is 1. The number of hydrogen-bond acceptors (Lipinski definition) is 4. The van der Waals surface area contributed by atoms with E-state index in [4.69, 9.17) is 0 Å². The molecule has 6 nitrogen and oxygen atoms in total. The summed E-state index contributed by atoms with van der Waals surface area (Å²) in [5.74, 6) is 2.08. The lowest BCUT2D eigenvalue weighted by molar-refractivity contribution is -0.169. The summed E-state index contributed by atoms with van der Waals surface area (Å²) in [7, 11) is 0. The lowest BCUT2D eigenvalue weighted by Crippen LogP contribution is -2.59. The normalized spacial score (nSPS) is 40.9. The third kappa shape index (κ3) is 4.60. The average molecular weight is 526 g/mol. The fraction of sp³-hybridized carbons (Fsp3) is 0.750. The predicted octanol–water partition coefficient (Wildman–Crippen LogP) is 5.41. The SMILES string of the molecule is CC(CCC(=O)O)[C@H]1CCC2C3CCC4CC(NC(=O)c5ccccc5CO)CC[C@]4(C)C3CC(O)[C@@]21C. The molecule has 0 spiro atoms. The number of carboxylic acids is 1. The molecular weight excluding hydrogens is 478 g/mol. The Morgan fingerprint density at radius 1 is 1.05 bits per heavy atom. The van der Waals surface area contributed by atoms with Gasteiger partial charge in [-0.3, -0.25) is 9.59 Å². The number of carbonyl (C=O) groups excluding carboxylic acids is 1. The molecule has 0 aliphatic heterocycles. The molecular formula is C32H47NO5. The van der Waals surface area contributed by atoms with Gasteiger partial charge >= 0.3 is 5.97 Å². The molecule has 38 heavy (non-hydrogen) atoms. The summed E-state index contributed by atoms with van der Waals surface area (Å²) in [5.41, 5.74) is 1.29. The Bertz CT molecular complexity index is 1040. The second-order valence-electron chi connectivity index (χ2n) is 13.6. The van der Waals surface area contributed by atoms with Crippen molar-refractivity contribution in [2.75, 3.05) is 0 Å². The number of benzene rings is 1. The van der Waals surface area contributed by atoms with Crippen molar-refractivity contribution < 1.29 is 24.9 Å². The summed E-state index contributed by atoms with van der Waals surface area (Å²) in [4.78, 5) is 24.2. The van der Waals surface area contributed by atoms with E-state index >= 15 is 0 Å². The van der Waals surface area contributed by atoms with Crippen LogP contribution in [0.5, 0.6) is 0 Å². The first-order chi connectivity index (χ1) is 18.1. The van der Waals surface area contributed by atoms with Crippen LogP contribution in [0.25, 0.3) is 0 Å². The van der Waals surface area contributed by atoms with Gasteiger partial charge in [0.2, 0.25) is 0 Å². The fourth-order valence-electron chi connectivity index (χ4n) is 10.0. The van der Waals surface area contributed by atoms with Gasteiger partial charge < -0.3 is 20.6 Å². The van der Waals surface area contributed by atoms with Crippen LogP contribution >= 0.6 is 0 Å². The third-order valence-electron chi connectivity index (χ3n) is 12.1. The van der Waals surface area contributed by atoms with Gasteiger partial charge in [0, 0.05) is 18.0 Å². The average Bonchev–Trinajstić information content (AvgIpc) is 3.26. The highest BCUT2D eigenvalue weighted by molar-refractivity contribution is 5.95. The second kappa shape index (κ2) is 10.6. The van der Waals surface area contributed by atoms with Crippen LogP contribution in [0, 0.1) is 46.3 Å². The van der Waals surface area contributed by atoms with E-state index in [1.54, 1.807) is 12.1 Å². The van der Waals surface area contributed by atoms with Gasteiger partial charge in [0.05, 0.1) is 12.7 Å². The van der Waals surface area contributed by atoms with Gasteiger partial charge in [0.25, 0.3) is 5.91 Å². The quantitative estimate of drug-likeness (QED) is 0.381. The number of aliphatic hydroxyl groups is 2. The number of aliphatic carboxylic acids is 1. The van der Waals surface area contributed by atoms with Gasteiger partial charge in [0.1, 0.15) is 0 Å². The summed E-state index contributed by atoms with van der Waals surface area (Å²) in [6, 6.07) is 7.43. The van der Waals surface area contributed by atoms with Crippen LogP contribution in [-0.2, 0) is 11.4 Å². The largest absolute Gasteiger partial charge is 0.481 e. The van der Waals surface area contributed by atoms with E-state index in [9.17, 15) is 24.9 Å². The number of aliphatic hydroxyl groups excluding tert-OH is 2. The van der Waals surface area contributed by atoms with Crippen molar-refractivity contribution in [3.05, 3.63) is 35.4 Å². The van der Waals surface area contributed by atoms with Crippen molar-refractivity contribution in [3.63, 3.8) is 0 Å². The molecule has 4 aliphatic carbocycles. The maximum Gasteiger partial charge on any atom is 0.303 e. The summed E-state index contributed by atoms with van der Waals surface area (Å²) in [5, 5.41) is 33.9. The van der Waals surface area contributed by atoms with E-state index in [2.05, 4.69) is 26.1 Å². The van der Waals surface area contributed by atoms with Gasteiger partial charge in [0.15, 0.2) is 0 Å². The molecule has 0 aromatic heterocycles. The number of carbonyl (C=O) groups is 2. The van der Waals surface area contributed by atoms with Crippen LogP contribution < -0.4 is 5.32 Å². The highest BCUT2D eigenvalue weighted by Crippen LogP contribution is 2.68. The number of amides is 1. The van der Waals surface area contributed by atoms with Gasteiger partial charge in [-0.15, -0.1) is 0 Å². The molecule has 4 N–H and O–H groups in total. The van der Waals surface area contributed by atoms with E-state index in [1.165, 1.54) is 12.8 Å². The molecule has 1 aromatic carbocycles. The third-order valence-corrected chi connectivity index (χ3v) is 12.1. The Balaban J connectivity index is 1.28. The minimum absolute atomic E-state index is 0.0881. The number of nitrogens with one attached hydrogen (secondary N) is 1. The highest BCUT2D eigenvalue weighted by atomic mass is 16.4. The van der Waals surface area contributed by atoms with Crippen LogP contribution in [0.1, 0.15) is 101 Å². The molecule has 1 amide bonds. The zero-order valence-corrected chi connectivity index (χ0v) is 23.4. The highest BCUT2D eigenvalue weighted by Gasteiger charge is 2.63. The molecule has 210 valence electrons. The van der Waals surface area contributed by atoms with Gasteiger partial charge in [-0.25, -0.2) is 0 Å². The lowest BCUT2D eigenvalue weighted by Gasteiger charge is -2.62. The molecule has 10 atom stereocenters. The summed E-state index contributed by atoms with van der Waals surface area (Å²) < 4.78 is 0. The first-order valence-electron chi connectivity index (χ1n) is 15.0. The fourth-order valence-corrected chi connectivity index (χ4v) is 10.0. The molecule has 0 radical (unpaired) electrons. The minimum atomic E-state index is -0.726. The van der Waals surface area contributed by atoms with E-state index in [1.807, 2.05) is 12.1 Å². The predicted molar refractivity (Wildman–Crippen MR) is 146 cm³/mol. The Labute approximate surface area is 227 Å². The van der Waals surface area contributed by atoms with Crippen molar-refractivity contribution >= 4 is 11.9 Å². The van der Waals surface area contributed by atoms with Crippen molar-refractivity contribution in [2.45, 2.75) is 104 Å². The minimum Gasteiger partial charge on any atom is -0.481 e. The summed E-state index contributed by atoms with van der Waals surface area (Å²) >= 11 is 0. The van der Waals surface area contributed by atoms with E-state index in [-0.39, 0.29) is 41.9 Å². The van der Waals surface area contributed by atoms with Crippen LogP contribution in [0.15, 0.2) is 24.3 Å². The van der Waals surface area contributed by atoms with Crippen molar-refractivity contribution in [3.8, 4) is 0 Å².